The highest BCUT2D eigenvalue weighted by atomic mass is 16.6. The van der Waals surface area contributed by atoms with E-state index in [1.165, 1.54) is 5.56 Å². The van der Waals surface area contributed by atoms with E-state index in [0.29, 0.717) is 42.5 Å². The highest BCUT2D eigenvalue weighted by molar-refractivity contribution is 5.82. The molecule has 3 heterocycles. The molecule has 2 N–H and O–H groups in total. The Bertz CT molecular complexity index is 1010. The van der Waals surface area contributed by atoms with Crippen LogP contribution >= 0.6 is 0 Å². The van der Waals surface area contributed by atoms with Gasteiger partial charge in [-0.3, -0.25) is 9.69 Å². The minimum atomic E-state index is -0.499. The van der Waals surface area contributed by atoms with E-state index in [2.05, 4.69) is 53.3 Å². The maximum atomic E-state index is 12.3. The number of nitrogens with one attached hydrogen (secondary N) is 1. The fourth-order valence-electron chi connectivity index (χ4n) is 5.28. The lowest BCUT2D eigenvalue weighted by molar-refractivity contribution is -0.123. The van der Waals surface area contributed by atoms with E-state index in [0.717, 1.165) is 37.3 Å². The van der Waals surface area contributed by atoms with Crippen LogP contribution in [0, 0.1) is 23.7 Å². The van der Waals surface area contributed by atoms with Gasteiger partial charge in [0, 0.05) is 37.8 Å². The van der Waals surface area contributed by atoms with E-state index in [-0.39, 0.29) is 17.9 Å². The van der Waals surface area contributed by atoms with Gasteiger partial charge in [0.25, 0.3) is 5.88 Å². The van der Waals surface area contributed by atoms with E-state index in [1.54, 1.807) is 6.92 Å². The first kappa shape index (κ1) is 23.1. The van der Waals surface area contributed by atoms with Crippen LogP contribution in [0.2, 0.25) is 0 Å². The average Bonchev–Trinajstić information content (AvgIpc) is 3.32. The monoisotopic (exact) mass is 465 g/mol. The van der Waals surface area contributed by atoms with Gasteiger partial charge < -0.3 is 19.9 Å². The normalized spacial score (nSPS) is 26.3. The lowest BCUT2D eigenvalue weighted by atomic mass is 10.1. The lowest BCUT2D eigenvalue weighted by Gasteiger charge is -2.26. The van der Waals surface area contributed by atoms with Crippen LogP contribution in [0.1, 0.15) is 43.7 Å². The number of likely N-dealkylation sites (tertiary alicyclic amines) is 1. The third-order valence-corrected chi connectivity index (χ3v) is 7.05. The zero-order valence-electron chi connectivity index (χ0n) is 20.2. The second-order valence-electron chi connectivity index (χ2n) is 10.5. The van der Waals surface area contributed by atoms with Gasteiger partial charge in [-0.25, -0.2) is 4.98 Å². The summed E-state index contributed by atoms with van der Waals surface area (Å²) in [7, 11) is 0. The molecule has 0 radical (unpaired) electrons. The van der Waals surface area contributed by atoms with Crippen molar-refractivity contribution in [2.45, 2.75) is 45.9 Å². The average molecular weight is 466 g/mol. The zero-order chi connectivity index (χ0) is 23.8. The molecule has 5 atom stereocenters. The number of hydrogen-bond acceptors (Lipinski definition) is 6. The van der Waals surface area contributed by atoms with E-state index >= 15 is 0 Å². The first-order valence-corrected chi connectivity index (χ1v) is 12.4. The number of piperidine rings is 1. The molecule has 7 nitrogen and oxygen atoms in total. The van der Waals surface area contributed by atoms with Crippen molar-refractivity contribution in [2.24, 2.45) is 23.7 Å². The number of aliphatic hydroxyl groups is 1. The molecular weight excluding hydrogens is 430 g/mol. The Hall–Kier alpha value is -2.64. The van der Waals surface area contributed by atoms with E-state index in [9.17, 15) is 9.90 Å². The smallest absolute Gasteiger partial charge is 0.258 e. The van der Waals surface area contributed by atoms with Gasteiger partial charge in [0.05, 0.1) is 6.10 Å². The maximum Gasteiger partial charge on any atom is 0.258 e. The first-order chi connectivity index (χ1) is 16.4. The summed E-state index contributed by atoms with van der Waals surface area (Å²) in [4.78, 5) is 19.4. The fraction of sp³-hybridized carbons (Fsp3) is 0.556. The number of rotatable bonds is 8. The Kier molecular flexibility index (Phi) is 6.49. The molecule has 2 fully saturated rings. The van der Waals surface area contributed by atoms with Crippen molar-refractivity contribution in [2.75, 3.05) is 26.2 Å². The van der Waals surface area contributed by atoms with Crippen LogP contribution in [0.3, 0.4) is 0 Å². The summed E-state index contributed by atoms with van der Waals surface area (Å²) in [6.45, 7) is 9.67. The van der Waals surface area contributed by atoms with Crippen LogP contribution in [0.25, 0.3) is 0 Å². The number of amides is 1. The minimum Gasteiger partial charge on any atom is -0.484 e. The summed E-state index contributed by atoms with van der Waals surface area (Å²) in [5, 5.41) is 12.2. The summed E-state index contributed by atoms with van der Waals surface area (Å²) in [6, 6.07) is 12.5. The first-order valence-electron chi connectivity index (χ1n) is 12.4. The number of pyridine rings is 1. The Balaban J connectivity index is 1.13. The van der Waals surface area contributed by atoms with Crippen molar-refractivity contribution < 1.29 is 19.4 Å². The van der Waals surface area contributed by atoms with Crippen molar-refractivity contribution in [3.8, 4) is 11.6 Å². The van der Waals surface area contributed by atoms with E-state index < -0.39 is 6.10 Å². The highest BCUT2D eigenvalue weighted by Crippen LogP contribution is 2.52. The summed E-state index contributed by atoms with van der Waals surface area (Å²) in [5.74, 6) is 2.97. The van der Waals surface area contributed by atoms with Crippen molar-refractivity contribution >= 4 is 5.91 Å². The fourth-order valence-corrected chi connectivity index (χ4v) is 5.28. The Morgan fingerprint density at radius 2 is 1.88 bits per heavy atom. The van der Waals surface area contributed by atoms with Crippen LogP contribution in [0.4, 0.5) is 0 Å². The number of ether oxygens (including phenoxy) is 2. The summed E-state index contributed by atoms with van der Waals surface area (Å²) in [5.41, 5.74) is 3.37. The molecule has 2 aromatic rings. The van der Waals surface area contributed by atoms with Crippen LogP contribution in [-0.4, -0.2) is 53.2 Å². The summed E-state index contributed by atoms with van der Waals surface area (Å²) >= 11 is 0. The van der Waals surface area contributed by atoms with Gasteiger partial charge in [-0.15, -0.1) is 0 Å². The molecule has 2 aliphatic heterocycles. The van der Waals surface area contributed by atoms with Crippen LogP contribution < -0.4 is 14.8 Å². The van der Waals surface area contributed by atoms with Gasteiger partial charge >= 0.3 is 0 Å². The molecule has 1 aromatic carbocycles. The van der Waals surface area contributed by atoms with Crippen LogP contribution in [0.15, 0.2) is 36.4 Å². The molecule has 34 heavy (non-hydrogen) atoms. The van der Waals surface area contributed by atoms with Gasteiger partial charge in [-0.2, -0.15) is 0 Å². The van der Waals surface area contributed by atoms with Crippen molar-refractivity contribution in [1.82, 2.24) is 15.2 Å². The Labute approximate surface area is 201 Å². The van der Waals surface area contributed by atoms with Gasteiger partial charge in [-0.1, -0.05) is 38.1 Å². The predicted octanol–water partition coefficient (Wildman–Crippen LogP) is 2.97. The predicted molar refractivity (Wildman–Crippen MR) is 129 cm³/mol. The summed E-state index contributed by atoms with van der Waals surface area (Å²) < 4.78 is 12.1. The number of aromatic nitrogens is 1. The zero-order valence-corrected chi connectivity index (χ0v) is 20.2. The molecule has 3 aliphatic rings. The van der Waals surface area contributed by atoms with Crippen molar-refractivity contribution in [3.63, 3.8) is 0 Å². The molecule has 1 aliphatic carbocycles. The van der Waals surface area contributed by atoms with Gasteiger partial charge in [0.15, 0.2) is 11.9 Å². The highest BCUT2D eigenvalue weighted by Gasteiger charge is 2.59. The Morgan fingerprint density at radius 1 is 1.15 bits per heavy atom. The van der Waals surface area contributed by atoms with Crippen LogP contribution in [-0.2, 0) is 17.8 Å². The molecule has 182 valence electrons. The number of hydrogen-bond donors (Lipinski definition) is 2. The third-order valence-electron chi connectivity index (χ3n) is 7.05. The maximum absolute atomic E-state index is 12.3. The standard InChI is InChI=1S/C27H35N3O4/c1-16(2)10-20-8-9-23-27(29-20)34-24(15-33-23)19-6-4-18(5-7-19)12-30-13-21-22(14-30)25(21)26(32)28-11-17(3)31/h4-9,16-17,21-22,24-25,31H,10-15H2,1-3H3,(H,28,32)/t17-,21-,22+,24+,25+/m0/s1. The Morgan fingerprint density at radius 3 is 2.56 bits per heavy atom. The number of carbonyl (C=O) groups is 1. The van der Waals surface area contributed by atoms with Crippen molar-refractivity contribution in [3.05, 3.63) is 53.2 Å². The SMILES string of the molecule is CC(C)Cc1ccc2c(n1)O[C@@H](c1ccc(CN3C[C@@H]4[C@H](C3)[C@H]4C(=O)NC[C@H](C)O)cc1)CO2. The van der Waals surface area contributed by atoms with Gasteiger partial charge in [0.1, 0.15) is 6.61 Å². The second kappa shape index (κ2) is 9.55. The topological polar surface area (TPSA) is 83.9 Å². The third kappa shape index (κ3) is 5.05. The number of carbonyl (C=O) groups excluding carboxylic acids is 1. The number of fused-ring (bicyclic) bond motifs is 2. The quantitative estimate of drug-likeness (QED) is 0.624. The molecule has 1 saturated heterocycles. The summed E-state index contributed by atoms with van der Waals surface area (Å²) in [6.07, 6.45) is 0.256. The molecule has 1 aromatic heterocycles. The molecule has 1 amide bonds. The van der Waals surface area contributed by atoms with E-state index in [4.69, 9.17) is 9.47 Å². The molecule has 5 rings (SSSR count). The molecule has 0 unspecified atom stereocenters. The van der Waals surface area contributed by atoms with Crippen LogP contribution in [0.5, 0.6) is 11.6 Å². The van der Waals surface area contributed by atoms with Gasteiger partial charge in [-0.05, 0) is 54.4 Å². The van der Waals surface area contributed by atoms with Crippen molar-refractivity contribution in [1.29, 1.82) is 0 Å². The lowest BCUT2D eigenvalue weighted by Crippen LogP contribution is -2.35. The molecular formula is C27H35N3O4. The van der Waals surface area contributed by atoms with Gasteiger partial charge in [0.2, 0.25) is 5.91 Å². The molecule has 0 spiro atoms. The number of benzene rings is 1. The minimum absolute atomic E-state index is 0.0991. The number of nitrogens with zero attached hydrogens (tertiary/aromatic N) is 2. The number of aliphatic hydroxyl groups excluding tert-OH is 1. The second-order valence-corrected chi connectivity index (χ2v) is 10.5. The largest absolute Gasteiger partial charge is 0.484 e. The van der Waals surface area contributed by atoms with E-state index in [1.807, 2.05) is 12.1 Å². The molecule has 7 heteroatoms. The molecule has 0 bridgehead atoms. The molecule has 1 saturated carbocycles.